The molecule has 0 unspecified atom stereocenters. The topological polar surface area (TPSA) is 90.9 Å². The Morgan fingerprint density at radius 2 is 1.71 bits per heavy atom. The fourth-order valence-electron chi connectivity index (χ4n) is 2.38. The molecule has 2 rings (SSSR count). The number of hydrogen-bond donors (Lipinski definition) is 1. The third-order valence-electron chi connectivity index (χ3n) is 3.72. The van der Waals surface area contributed by atoms with E-state index in [4.69, 9.17) is 14.2 Å². The first-order valence-electron chi connectivity index (χ1n) is 8.83. The van der Waals surface area contributed by atoms with Crippen LogP contribution in [0.25, 0.3) is 0 Å². The Labute approximate surface area is 167 Å². The van der Waals surface area contributed by atoms with Gasteiger partial charge in [-0.15, -0.1) is 11.3 Å². The summed E-state index contributed by atoms with van der Waals surface area (Å²) in [5.41, 5.74) is 1.98. The number of hydrogen-bond acceptors (Lipinski definition) is 7. The number of rotatable bonds is 8. The third kappa shape index (κ3) is 5.32. The molecule has 1 N–H and O–H groups in total. The largest absolute Gasteiger partial charge is 0.483 e. The summed E-state index contributed by atoms with van der Waals surface area (Å²) in [5, 5.41) is 4.30. The maximum absolute atomic E-state index is 12.3. The molecule has 0 radical (unpaired) electrons. The molecule has 8 heteroatoms. The Balaban J connectivity index is 2.15. The highest BCUT2D eigenvalue weighted by atomic mass is 32.1. The van der Waals surface area contributed by atoms with Gasteiger partial charge in [-0.2, -0.15) is 0 Å². The van der Waals surface area contributed by atoms with E-state index in [1.54, 1.807) is 13.8 Å². The summed E-state index contributed by atoms with van der Waals surface area (Å²) < 4.78 is 15.6. The molecule has 28 heavy (non-hydrogen) atoms. The number of carbonyl (C=O) groups is 3. The van der Waals surface area contributed by atoms with Crippen molar-refractivity contribution < 1.29 is 28.6 Å². The fourth-order valence-corrected chi connectivity index (χ4v) is 3.32. The summed E-state index contributed by atoms with van der Waals surface area (Å²) in [5.74, 6) is -1.19. The number of aryl methyl sites for hydroxylation is 2. The molecule has 0 bridgehead atoms. The maximum atomic E-state index is 12.3. The predicted octanol–water partition coefficient (Wildman–Crippen LogP) is 3.74. The molecule has 0 saturated carbocycles. The summed E-state index contributed by atoms with van der Waals surface area (Å²) in [4.78, 5) is 36.7. The average Bonchev–Trinajstić information content (AvgIpc) is 3.06. The minimum absolute atomic E-state index is 0.00890. The summed E-state index contributed by atoms with van der Waals surface area (Å²) >= 11 is 1.05. The molecule has 0 fully saturated rings. The molecule has 150 valence electrons. The van der Waals surface area contributed by atoms with Crippen LogP contribution in [-0.4, -0.2) is 37.7 Å². The van der Waals surface area contributed by atoms with Gasteiger partial charge in [0.2, 0.25) is 0 Å². The van der Waals surface area contributed by atoms with E-state index in [2.05, 4.69) is 5.32 Å². The second-order valence-corrected chi connectivity index (χ2v) is 6.78. The second kappa shape index (κ2) is 9.89. The van der Waals surface area contributed by atoms with Crippen molar-refractivity contribution in [3.05, 3.63) is 45.8 Å². The van der Waals surface area contributed by atoms with Crippen LogP contribution >= 0.6 is 11.3 Å². The summed E-state index contributed by atoms with van der Waals surface area (Å²) in [6, 6.07) is 5.71. The van der Waals surface area contributed by atoms with Gasteiger partial charge in [-0.05, 0) is 44.9 Å². The number of nitrogens with one attached hydrogen (secondary N) is 1. The zero-order valence-corrected chi connectivity index (χ0v) is 17.1. The van der Waals surface area contributed by atoms with Gasteiger partial charge in [0.1, 0.15) is 16.3 Å². The van der Waals surface area contributed by atoms with Crippen molar-refractivity contribution in [2.75, 3.05) is 25.1 Å². The number of amides is 1. The predicted molar refractivity (Wildman–Crippen MR) is 106 cm³/mol. The highest BCUT2D eigenvalue weighted by Gasteiger charge is 2.26. The lowest BCUT2D eigenvalue weighted by Crippen LogP contribution is -2.22. The molecular weight excluding hydrogens is 382 g/mol. The van der Waals surface area contributed by atoms with Crippen LogP contribution in [0.4, 0.5) is 5.00 Å². The van der Waals surface area contributed by atoms with Crippen molar-refractivity contribution >= 4 is 34.2 Å². The zero-order chi connectivity index (χ0) is 20.7. The van der Waals surface area contributed by atoms with Gasteiger partial charge in [-0.3, -0.25) is 4.79 Å². The van der Waals surface area contributed by atoms with Gasteiger partial charge in [-0.25, -0.2) is 9.59 Å². The van der Waals surface area contributed by atoms with Gasteiger partial charge in [-0.1, -0.05) is 12.1 Å². The van der Waals surface area contributed by atoms with Crippen LogP contribution in [0.1, 0.15) is 45.7 Å². The van der Waals surface area contributed by atoms with Crippen molar-refractivity contribution in [3.8, 4) is 5.75 Å². The van der Waals surface area contributed by atoms with E-state index in [0.29, 0.717) is 5.75 Å². The summed E-state index contributed by atoms with van der Waals surface area (Å²) in [6.07, 6.45) is 0. The normalized spacial score (nSPS) is 10.3. The van der Waals surface area contributed by atoms with Gasteiger partial charge in [0.05, 0.1) is 18.8 Å². The first kappa shape index (κ1) is 21.4. The van der Waals surface area contributed by atoms with E-state index in [-0.39, 0.29) is 35.9 Å². The van der Waals surface area contributed by atoms with E-state index in [9.17, 15) is 14.4 Å². The first-order valence-corrected chi connectivity index (χ1v) is 9.70. The summed E-state index contributed by atoms with van der Waals surface area (Å²) in [6.45, 7) is 7.21. The number of ether oxygens (including phenoxy) is 3. The molecule has 0 atom stereocenters. The van der Waals surface area contributed by atoms with E-state index in [0.717, 1.165) is 22.5 Å². The maximum Gasteiger partial charge on any atom is 0.342 e. The quantitative estimate of drug-likeness (QED) is 0.673. The summed E-state index contributed by atoms with van der Waals surface area (Å²) in [7, 11) is 0. The van der Waals surface area contributed by atoms with E-state index < -0.39 is 17.8 Å². The molecule has 0 aliphatic heterocycles. The Morgan fingerprint density at radius 1 is 1.04 bits per heavy atom. The molecule has 0 saturated heterocycles. The fraction of sp³-hybridized carbons (Fsp3) is 0.350. The highest BCUT2D eigenvalue weighted by Crippen LogP contribution is 2.30. The Bertz CT molecular complexity index is 874. The van der Waals surface area contributed by atoms with Crippen molar-refractivity contribution in [1.29, 1.82) is 0 Å². The first-order chi connectivity index (χ1) is 13.4. The van der Waals surface area contributed by atoms with Gasteiger partial charge in [0.15, 0.2) is 6.61 Å². The number of benzene rings is 1. The molecule has 7 nitrogen and oxygen atoms in total. The Hall–Kier alpha value is -2.87. The lowest BCUT2D eigenvalue weighted by molar-refractivity contribution is -0.118. The van der Waals surface area contributed by atoms with Crippen molar-refractivity contribution in [2.24, 2.45) is 0 Å². The number of anilines is 1. The van der Waals surface area contributed by atoms with Gasteiger partial charge >= 0.3 is 11.9 Å². The Morgan fingerprint density at radius 3 is 2.39 bits per heavy atom. The molecule has 1 aromatic carbocycles. The van der Waals surface area contributed by atoms with Gasteiger partial charge in [0.25, 0.3) is 5.91 Å². The van der Waals surface area contributed by atoms with E-state index in [1.807, 2.05) is 32.0 Å². The third-order valence-corrected chi connectivity index (χ3v) is 4.62. The molecular formula is C20H23NO6S. The van der Waals surface area contributed by atoms with Gasteiger partial charge < -0.3 is 19.5 Å². The average molecular weight is 405 g/mol. The lowest BCUT2D eigenvalue weighted by Gasteiger charge is -2.11. The van der Waals surface area contributed by atoms with Gasteiger partial charge in [0, 0.05) is 5.38 Å². The second-order valence-electron chi connectivity index (χ2n) is 5.90. The molecule has 2 aromatic rings. The van der Waals surface area contributed by atoms with E-state index >= 15 is 0 Å². The molecule has 1 heterocycles. The number of esters is 2. The Kier molecular flexibility index (Phi) is 7.57. The molecule has 0 spiro atoms. The lowest BCUT2D eigenvalue weighted by atomic mass is 10.1. The monoisotopic (exact) mass is 405 g/mol. The minimum Gasteiger partial charge on any atom is -0.483 e. The van der Waals surface area contributed by atoms with E-state index in [1.165, 1.54) is 5.38 Å². The van der Waals surface area contributed by atoms with Crippen molar-refractivity contribution in [2.45, 2.75) is 27.7 Å². The molecule has 1 aromatic heterocycles. The molecule has 0 aliphatic carbocycles. The standard InChI is InChI=1S/C20H23NO6S/c1-5-25-19(23)14-11-28-18(17(14)20(24)26-6-2)21-16(22)10-27-15-9-12(3)7-8-13(15)4/h7-9,11H,5-6,10H2,1-4H3,(H,21,22). The van der Waals surface area contributed by atoms with Crippen LogP contribution in [-0.2, 0) is 14.3 Å². The van der Waals surface area contributed by atoms with Crippen LogP contribution in [0.2, 0.25) is 0 Å². The smallest absolute Gasteiger partial charge is 0.342 e. The highest BCUT2D eigenvalue weighted by molar-refractivity contribution is 7.15. The van der Waals surface area contributed by atoms with Crippen LogP contribution < -0.4 is 10.1 Å². The number of carbonyl (C=O) groups excluding carboxylic acids is 3. The number of thiophene rings is 1. The van der Waals surface area contributed by atoms with Crippen LogP contribution in [0.15, 0.2) is 23.6 Å². The van der Waals surface area contributed by atoms with Crippen molar-refractivity contribution in [3.63, 3.8) is 0 Å². The molecule has 1 amide bonds. The van der Waals surface area contributed by atoms with Crippen LogP contribution in [0.3, 0.4) is 0 Å². The minimum atomic E-state index is -0.697. The zero-order valence-electron chi connectivity index (χ0n) is 16.3. The van der Waals surface area contributed by atoms with Crippen LogP contribution in [0.5, 0.6) is 5.75 Å². The van der Waals surface area contributed by atoms with Crippen LogP contribution in [0, 0.1) is 13.8 Å². The molecule has 0 aliphatic rings. The SMILES string of the molecule is CCOC(=O)c1csc(NC(=O)COc2cc(C)ccc2C)c1C(=O)OCC. The van der Waals surface area contributed by atoms with Crippen molar-refractivity contribution in [1.82, 2.24) is 0 Å².